The van der Waals surface area contributed by atoms with E-state index in [1.165, 1.54) is 11.8 Å². The number of pyridine rings is 1. The molecular formula is C19H17Br2N5OS. The number of halogens is 2. The topological polar surface area (TPSA) is 72.7 Å². The first-order valence-electron chi connectivity index (χ1n) is 8.33. The van der Waals surface area contributed by atoms with Gasteiger partial charge < -0.3 is 5.32 Å². The third kappa shape index (κ3) is 4.89. The number of thioether (sulfide) groups is 1. The smallest absolute Gasteiger partial charge is 0.234 e. The van der Waals surface area contributed by atoms with Crippen LogP contribution >= 0.6 is 43.6 Å². The van der Waals surface area contributed by atoms with Crippen molar-refractivity contribution in [2.75, 3.05) is 11.1 Å². The van der Waals surface area contributed by atoms with Crippen LogP contribution in [-0.4, -0.2) is 31.4 Å². The molecule has 0 aliphatic carbocycles. The van der Waals surface area contributed by atoms with E-state index >= 15 is 0 Å². The van der Waals surface area contributed by atoms with Crippen molar-refractivity contribution in [3.8, 4) is 11.5 Å². The summed E-state index contributed by atoms with van der Waals surface area (Å²) in [5, 5.41) is 12.0. The minimum atomic E-state index is -0.136. The molecule has 0 fully saturated rings. The van der Waals surface area contributed by atoms with E-state index in [0.717, 1.165) is 20.2 Å². The maximum Gasteiger partial charge on any atom is 0.234 e. The lowest BCUT2D eigenvalue weighted by atomic mass is 10.2. The Morgan fingerprint density at radius 2 is 2.04 bits per heavy atom. The number of hydrogen-bond donors (Lipinski definition) is 1. The first-order valence-corrected chi connectivity index (χ1v) is 10.9. The van der Waals surface area contributed by atoms with E-state index in [1.807, 2.05) is 41.8 Å². The fraction of sp³-hybridized carbons (Fsp3) is 0.158. The molecule has 3 aromatic rings. The fourth-order valence-electron chi connectivity index (χ4n) is 2.50. The summed E-state index contributed by atoms with van der Waals surface area (Å²) < 4.78 is 3.54. The van der Waals surface area contributed by atoms with Gasteiger partial charge in [0.1, 0.15) is 5.69 Å². The molecule has 28 heavy (non-hydrogen) atoms. The van der Waals surface area contributed by atoms with Crippen molar-refractivity contribution in [1.82, 2.24) is 19.7 Å². The number of aromatic nitrogens is 4. The highest BCUT2D eigenvalue weighted by molar-refractivity contribution is 9.11. The summed E-state index contributed by atoms with van der Waals surface area (Å²) in [5.74, 6) is 0.708. The van der Waals surface area contributed by atoms with Crippen LogP contribution in [0.5, 0.6) is 0 Å². The van der Waals surface area contributed by atoms with Gasteiger partial charge in [-0.15, -0.1) is 16.8 Å². The van der Waals surface area contributed by atoms with Crippen LogP contribution in [0.15, 0.2) is 63.3 Å². The normalized spacial score (nSPS) is 10.7. The van der Waals surface area contributed by atoms with Gasteiger partial charge in [0.15, 0.2) is 11.0 Å². The quantitative estimate of drug-likeness (QED) is 0.345. The third-order valence-corrected chi connectivity index (χ3v) is 5.92. The van der Waals surface area contributed by atoms with Crippen molar-refractivity contribution in [3.63, 3.8) is 0 Å². The molecule has 0 spiro atoms. The number of nitrogens with zero attached hydrogens (tertiary/aromatic N) is 4. The molecular weight excluding hydrogens is 506 g/mol. The third-order valence-electron chi connectivity index (χ3n) is 3.71. The highest BCUT2D eigenvalue weighted by Crippen LogP contribution is 2.32. The van der Waals surface area contributed by atoms with Crippen LogP contribution in [0.1, 0.15) is 5.56 Å². The first kappa shape index (κ1) is 20.8. The molecule has 144 valence electrons. The summed E-state index contributed by atoms with van der Waals surface area (Å²) in [5.41, 5.74) is 2.52. The predicted octanol–water partition coefficient (Wildman–Crippen LogP) is 5.09. The zero-order valence-electron chi connectivity index (χ0n) is 15.0. The Hall–Kier alpha value is -1.97. The SMILES string of the molecule is C=CCn1c(SCC(=O)Nc2c(Br)cc(C)cc2Br)nnc1-c1ccccn1. The van der Waals surface area contributed by atoms with Gasteiger partial charge in [-0.25, -0.2) is 0 Å². The summed E-state index contributed by atoms with van der Waals surface area (Å²) >= 11 is 8.29. The largest absolute Gasteiger partial charge is 0.323 e. The molecule has 1 aromatic carbocycles. The summed E-state index contributed by atoms with van der Waals surface area (Å²) in [6.07, 6.45) is 3.47. The van der Waals surface area contributed by atoms with E-state index in [2.05, 4.69) is 58.9 Å². The Labute approximate surface area is 184 Å². The molecule has 2 aromatic heterocycles. The molecule has 6 nitrogen and oxygen atoms in total. The lowest BCUT2D eigenvalue weighted by Gasteiger charge is -2.11. The van der Waals surface area contributed by atoms with E-state index in [4.69, 9.17) is 0 Å². The summed E-state index contributed by atoms with van der Waals surface area (Å²) in [4.78, 5) is 16.8. The highest BCUT2D eigenvalue weighted by atomic mass is 79.9. The Bertz CT molecular complexity index is 984. The number of hydrogen-bond acceptors (Lipinski definition) is 5. The van der Waals surface area contributed by atoms with Gasteiger partial charge in [-0.2, -0.15) is 0 Å². The fourth-order valence-corrected chi connectivity index (χ4v) is 4.86. The predicted molar refractivity (Wildman–Crippen MR) is 119 cm³/mol. The Kier molecular flexibility index (Phi) is 7.03. The lowest BCUT2D eigenvalue weighted by molar-refractivity contribution is -0.113. The van der Waals surface area contributed by atoms with E-state index in [-0.39, 0.29) is 11.7 Å². The Morgan fingerprint density at radius 1 is 1.29 bits per heavy atom. The molecule has 0 bridgehead atoms. The second-order valence-electron chi connectivity index (χ2n) is 5.86. The van der Waals surface area contributed by atoms with Crippen LogP contribution in [-0.2, 0) is 11.3 Å². The minimum Gasteiger partial charge on any atom is -0.323 e. The number of amides is 1. The molecule has 1 amide bonds. The molecule has 1 N–H and O–H groups in total. The number of carbonyl (C=O) groups excluding carboxylic acids is 1. The van der Waals surface area contributed by atoms with Crippen molar-refractivity contribution >= 4 is 55.2 Å². The average Bonchev–Trinajstić information content (AvgIpc) is 3.07. The molecule has 0 radical (unpaired) electrons. The van der Waals surface area contributed by atoms with Crippen LogP contribution < -0.4 is 5.32 Å². The van der Waals surface area contributed by atoms with E-state index in [9.17, 15) is 4.79 Å². The van der Waals surface area contributed by atoms with Gasteiger partial charge in [-0.1, -0.05) is 23.9 Å². The van der Waals surface area contributed by atoms with Gasteiger partial charge in [-0.3, -0.25) is 14.3 Å². The van der Waals surface area contributed by atoms with Gasteiger partial charge in [0.25, 0.3) is 0 Å². The molecule has 9 heteroatoms. The van der Waals surface area contributed by atoms with Crippen LogP contribution in [0.3, 0.4) is 0 Å². The zero-order chi connectivity index (χ0) is 20.1. The summed E-state index contributed by atoms with van der Waals surface area (Å²) in [6.45, 7) is 6.31. The standard InChI is InChI=1S/C19H17Br2N5OS/c1-3-8-26-18(15-6-4-5-7-22-15)24-25-19(26)28-11-16(27)23-17-13(20)9-12(2)10-14(17)21/h3-7,9-10H,1,8,11H2,2H3,(H,23,27). The molecule has 0 aliphatic rings. The molecule has 2 heterocycles. The van der Waals surface area contributed by atoms with Gasteiger partial charge in [-0.05, 0) is 68.6 Å². The highest BCUT2D eigenvalue weighted by Gasteiger charge is 2.16. The maximum atomic E-state index is 12.5. The van der Waals surface area contributed by atoms with Crippen molar-refractivity contribution < 1.29 is 4.79 Å². The minimum absolute atomic E-state index is 0.136. The zero-order valence-corrected chi connectivity index (χ0v) is 19.0. The molecule has 3 rings (SSSR count). The molecule has 0 atom stereocenters. The van der Waals surface area contributed by atoms with Crippen molar-refractivity contribution in [3.05, 3.63) is 63.7 Å². The molecule has 0 unspecified atom stereocenters. The van der Waals surface area contributed by atoms with Gasteiger partial charge in [0.05, 0.1) is 11.4 Å². The van der Waals surface area contributed by atoms with Crippen LogP contribution in [0.4, 0.5) is 5.69 Å². The van der Waals surface area contributed by atoms with Gasteiger partial charge >= 0.3 is 0 Å². The van der Waals surface area contributed by atoms with E-state index in [0.29, 0.717) is 23.2 Å². The summed E-state index contributed by atoms with van der Waals surface area (Å²) in [7, 11) is 0. The Balaban J connectivity index is 1.73. The molecule has 0 aliphatic heterocycles. The number of benzene rings is 1. The number of nitrogens with one attached hydrogen (secondary N) is 1. The van der Waals surface area contributed by atoms with E-state index in [1.54, 1.807) is 12.3 Å². The second-order valence-corrected chi connectivity index (χ2v) is 8.51. The maximum absolute atomic E-state index is 12.5. The van der Waals surface area contributed by atoms with Crippen LogP contribution in [0, 0.1) is 6.92 Å². The van der Waals surface area contributed by atoms with Gasteiger partial charge in [0, 0.05) is 21.7 Å². The second kappa shape index (κ2) is 9.49. The van der Waals surface area contributed by atoms with Gasteiger partial charge in [0.2, 0.25) is 5.91 Å². The van der Waals surface area contributed by atoms with Crippen molar-refractivity contribution in [2.24, 2.45) is 0 Å². The van der Waals surface area contributed by atoms with E-state index < -0.39 is 0 Å². The lowest BCUT2D eigenvalue weighted by Crippen LogP contribution is -2.15. The number of rotatable bonds is 7. The van der Waals surface area contributed by atoms with Crippen LogP contribution in [0.2, 0.25) is 0 Å². The molecule has 0 saturated carbocycles. The Morgan fingerprint density at radius 3 is 2.68 bits per heavy atom. The monoisotopic (exact) mass is 521 g/mol. The number of aryl methyl sites for hydroxylation is 1. The molecule has 0 saturated heterocycles. The number of allylic oxidation sites excluding steroid dienone is 1. The van der Waals surface area contributed by atoms with Crippen molar-refractivity contribution in [2.45, 2.75) is 18.6 Å². The summed E-state index contributed by atoms with van der Waals surface area (Å²) in [6, 6.07) is 9.52. The average molecular weight is 523 g/mol. The van der Waals surface area contributed by atoms with Crippen LogP contribution in [0.25, 0.3) is 11.5 Å². The number of carbonyl (C=O) groups is 1. The van der Waals surface area contributed by atoms with Crippen molar-refractivity contribution in [1.29, 1.82) is 0 Å². The first-order chi connectivity index (χ1) is 13.5. The number of anilines is 1.